The number of hydrogen-bond donors (Lipinski definition) is 2. The fraction of sp³-hybridized carbons (Fsp3) is 0.750. The van der Waals surface area contributed by atoms with E-state index in [1.165, 1.54) is 17.5 Å². The fourth-order valence-electron chi connectivity index (χ4n) is 8.01. The molecule has 0 bridgehead atoms. The van der Waals surface area contributed by atoms with Gasteiger partial charge in [0, 0.05) is 36.8 Å². The van der Waals surface area contributed by atoms with E-state index >= 15 is 0 Å². The number of aliphatic hydroxyl groups is 1. The molecule has 4 aliphatic carbocycles. The monoisotopic (exact) mass is 672 g/mol. The highest BCUT2D eigenvalue weighted by atomic mass is 35.5. The number of carbonyl (C=O) groups is 2. The third-order valence-corrected chi connectivity index (χ3v) is 10.9. The van der Waals surface area contributed by atoms with E-state index in [-0.39, 0.29) is 30.0 Å². The van der Waals surface area contributed by atoms with Crippen LogP contribution in [0.3, 0.4) is 0 Å². The molecule has 12 heteroatoms. The number of nitrogens with one attached hydrogen (secondary N) is 1. The Bertz CT molecular complexity index is 1120. The Morgan fingerprint density at radius 1 is 1.00 bits per heavy atom. The third-order valence-electron chi connectivity index (χ3n) is 10.4. The van der Waals surface area contributed by atoms with Gasteiger partial charge in [-0.25, -0.2) is 9.59 Å². The van der Waals surface area contributed by atoms with Gasteiger partial charge in [0.25, 0.3) is 0 Å². The molecule has 0 saturated heterocycles. The zero-order chi connectivity index (χ0) is 31.7. The van der Waals surface area contributed by atoms with Gasteiger partial charge < -0.3 is 20.1 Å². The molecular formula is C32H47Cl3N4O5. The third kappa shape index (κ3) is 8.31. The summed E-state index contributed by atoms with van der Waals surface area (Å²) in [7, 11) is 0. The quantitative estimate of drug-likeness (QED) is 0.161. The summed E-state index contributed by atoms with van der Waals surface area (Å²) in [5, 5.41) is 16.8. The molecule has 5 atom stereocenters. The van der Waals surface area contributed by atoms with Crippen LogP contribution in [0.5, 0.6) is 5.75 Å². The van der Waals surface area contributed by atoms with Crippen molar-refractivity contribution in [2.24, 2.45) is 22.5 Å². The number of ether oxygens (including phenoxy) is 1. The summed E-state index contributed by atoms with van der Waals surface area (Å²) < 4.78 is 5.62. The van der Waals surface area contributed by atoms with Gasteiger partial charge in [-0.3, -0.25) is 0 Å². The van der Waals surface area contributed by atoms with Gasteiger partial charge in [-0.2, -0.15) is 5.01 Å². The molecule has 0 heterocycles. The van der Waals surface area contributed by atoms with Crippen molar-refractivity contribution in [3.05, 3.63) is 34.2 Å². The molecule has 246 valence electrons. The number of urea groups is 1. The molecule has 1 aromatic carbocycles. The van der Waals surface area contributed by atoms with Crippen LogP contribution in [-0.4, -0.2) is 76.6 Å². The summed E-state index contributed by atoms with van der Waals surface area (Å²) in [5.41, 5.74) is 2.82. The van der Waals surface area contributed by atoms with Crippen LogP contribution in [0.15, 0.2) is 23.5 Å². The molecular weight excluding hydrogens is 627 g/mol. The molecule has 0 aromatic heterocycles. The van der Waals surface area contributed by atoms with Crippen LogP contribution >= 0.6 is 34.8 Å². The van der Waals surface area contributed by atoms with E-state index in [0.29, 0.717) is 48.4 Å². The van der Waals surface area contributed by atoms with Gasteiger partial charge in [-0.05, 0) is 97.8 Å². The number of nitrogens with zero attached hydrogens (tertiary/aromatic N) is 3. The van der Waals surface area contributed by atoms with E-state index in [9.17, 15) is 19.6 Å². The lowest BCUT2D eigenvalue weighted by molar-refractivity contribution is -0.0226. The highest BCUT2D eigenvalue weighted by molar-refractivity contribution is 6.18. The molecule has 3 fully saturated rings. The number of aliphatic hydroxyl groups excluding tert-OH is 1. The van der Waals surface area contributed by atoms with E-state index in [4.69, 9.17) is 39.5 Å². The first kappa shape index (κ1) is 35.1. The number of nitroso groups, excluding NO2 is 1. The summed E-state index contributed by atoms with van der Waals surface area (Å²) in [6.45, 7) is 3.31. The van der Waals surface area contributed by atoms with Crippen LogP contribution in [0.25, 0.3) is 0 Å². The minimum absolute atomic E-state index is 0.0996. The standard InChI is InChI=1S/C23H31Cl2NO3.C9H16ClN3O2/c1-23-9-8-18-17-5-3-16(29-22(28)26(12-10-24)13-11-25)14-15(17)2-4-19(18)20(23)6-7-21(23)27;10-6-7-13(12-15)9(14)11-8-4-2-1-3-5-8/h3,5,14,18-21,27H,2,4,6-13H2,1H3;8H,1-7H2,(H,11,14)/t18-,19-,20+,21+,23+;/m1./s1. The van der Waals surface area contributed by atoms with E-state index in [1.54, 1.807) is 4.90 Å². The van der Waals surface area contributed by atoms with Crippen LogP contribution in [0.2, 0.25) is 0 Å². The van der Waals surface area contributed by atoms with Gasteiger partial charge in [-0.15, -0.1) is 39.7 Å². The summed E-state index contributed by atoms with van der Waals surface area (Å²) in [5.74, 6) is 3.37. The van der Waals surface area contributed by atoms with Crippen molar-refractivity contribution >= 4 is 46.9 Å². The summed E-state index contributed by atoms with van der Waals surface area (Å²) in [4.78, 5) is 35.8. The van der Waals surface area contributed by atoms with Gasteiger partial charge in [0.2, 0.25) is 0 Å². The first-order valence-corrected chi connectivity index (χ1v) is 17.7. The largest absolute Gasteiger partial charge is 0.415 e. The topological polar surface area (TPSA) is 112 Å². The first-order chi connectivity index (χ1) is 21.2. The second-order valence-corrected chi connectivity index (χ2v) is 14.0. The van der Waals surface area contributed by atoms with Crippen molar-refractivity contribution in [1.29, 1.82) is 0 Å². The van der Waals surface area contributed by atoms with Crippen LogP contribution in [0, 0.1) is 22.2 Å². The predicted octanol–water partition coefficient (Wildman–Crippen LogP) is 7.43. The number of rotatable bonds is 9. The van der Waals surface area contributed by atoms with Gasteiger partial charge >= 0.3 is 12.1 Å². The Kier molecular flexibility index (Phi) is 13.3. The molecule has 1 aromatic rings. The number of hydrogen-bond acceptors (Lipinski definition) is 6. The second-order valence-electron chi connectivity index (χ2n) is 12.8. The number of benzene rings is 1. The Hall–Kier alpha value is -1.81. The Morgan fingerprint density at radius 3 is 2.36 bits per heavy atom. The van der Waals surface area contributed by atoms with Gasteiger partial charge in [0.1, 0.15) is 5.75 Å². The van der Waals surface area contributed by atoms with E-state index in [2.05, 4.69) is 23.6 Å². The van der Waals surface area contributed by atoms with Gasteiger partial charge in [-0.1, -0.05) is 32.3 Å². The van der Waals surface area contributed by atoms with Crippen LogP contribution in [-0.2, 0) is 6.42 Å². The van der Waals surface area contributed by atoms with Gasteiger partial charge in [0.05, 0.1) is 17.9 Å². The summed E-state index contributed by atoms with van der Waals surface area (Å²) in [6.07, 6.45) is 11.4. The second kappa shape index (κ2) is 16.7. The maximum atomic E-state index is 12.4. The number of fused-ring (bicyclic) bond motifs is 5. The first-order valence-electron chi connectivity index (χ1n) is 16.1. The Morgan fingerprint density at radius 2 is 1.70 bits per heavy atom. The number of carbonyl (C=O) groups excluding carboxylic acids is 2. The lowest BCUT2D eigenvalue weighted by atomic mass is 9.55. The Balaban J connectivity index is 0.000000249. The molecule has 0 radical (unpaired) electrons. The van der Waals surface area contributed by atoms with Crippen molar-refractivity contribution in [2.45, 2.75) is 95.6 Å². The van der Waals surface area contributed by atoms with Crippen molar-refractivity contribution in [2.75, 3.05) is 37.3 Å². The van der Waals surface area contributed by atoms with E-state index < -0.39 is 12.1 Å². The van der Waals surface area contributed by atoms with Crippen LogP contribution in [0.4, 0.5) is 9.59 Å². The molecule has 44 heavy (non-hydrogen) atoms. The molecule has 9 nitrogen and oxygen atoms in total. The number of halogens is 3. The minimum Gasteiger partial charge on any atom is -0.410 e. The van der Waals surface area contributed by atoms with Crippen molar-refractivity contribution in [3.63, 3.8) is 0 Å². The van der Waals surface area contributed by atoms with Crippen LogP contribution < -0.4 is 10.1 Å². The SMILES string of the molecule is C[C@]12CC[C@@H]3c4ccc(OC(=O)N(CCCl)CCCl)cc4CC[C@H]3[C@@H]1CC[C@@H]2O.O=NN(CCCl)C(=O)NC1CCCCC1. The number of amides is 3. The lowest BCUT2D eigenvalue weighted by Gasteiger charge is -2.50. The van der Waals surface area contributed by atoms with E-state index in [1.807, 2.05) is 12.1 Å². The normalized spacial score (nSPS) is 27.5. The zero-order valence-corrected chi connectivity index (χ0v) is 28.0. The Labute approximate surface area is 276 Å². The zero-order valence-electron chi connectivity index (χ0n) is 25.7. The maximum absolute atomic E-state index is 12.4. The lowest BCUT2D eigenvalue weighted by Crippen LogP contribution is -2.43. The van der Waals surface area contributed by atoms with Crippen LogP contribution in [0.1, 0.15) is 88.2 Å². The average Bonchev–Trinajstić information content (AvgIpc) is 3.34. The van der Waals surface area contributed by atoms with Crippen molar-refractivity contribution < 1.29 is 19.4 Å². The fourth-order valence-corrected chi connectivity index (χ4v) is 8.58. The molecule has 3 amide bonds. The predicted molar refractivity (Wildman–Crippen MR) is 175 cm³/mol. The molecule has 4 aliphatic rings. The summed E-state index contributed by atoms with van der Waals surface area (Å²) >= 11 is 17.0. The van der Waals surface area contributed by atoms with E-state index in [0.717, 1.165) is 69.2 Å². The molecule has 5 rings (SSSR count). The minimum atomic E-state index is -0.433. The molecule has 2 N–H and O–H groups in total. The number of aryl methyl sites for hydroxylation is 1. The van der Waals surface area contributed by atoms with Crippen molar-refractivity contribution in [3.8, 4) is 5.75 Å². The molecule has 0 spiro atoms. The molecule has 3 saturated carbocycles. The number of alkyl halides is 3. The van der Waals surface area contributed by atoms with Crippen molar-refractivity contribution in [1.82, 2.24) is 15.2 Å². The smallest absolute Gasteiger partial charge is 0.410 e. The molecule has 0 unspecified atom stereocenters. The highest BCUT2D eigenvalue weighted by Crippen LogP contribution is 2.60. The molecule has 0 aliphatic heterocycles. The highest BCUT2D eigenvalue weighted by Gasteiger charge is 2.54. The average molecular weight is 674 g/mol. The van der Waals surface area contributed by atoms with Gasteiger partial charge in [0.15, 0.2) is 0 Å². The summed E-state index contributed by atoms with van der Waals surface area (Å²) in [6, 6.07) is 5.88. The maximum Gasteiger partial charge on any atom is 0.415 e.